The highest BCUT2D eigenvalue weighted by Crippen LogP contribution is 2.21. The van der Waals surface area contributed by atoms with Gasteiger partial charge in [-0.25, -0.2) is 9.59 Å². The van der Waals surface area contributed by atoms with Crippen LogP contribution in [-0.4, -0.2) is 18.0 Å². The summed E-state index contributed by atoms with van der Waals surface area (Å²) in [6.45, 7) is 1.54. The number of urea groups is 1. The van der Waals surface area contributed by atoms with E-state index in [1.54, 1.807) is 42.5 Å². The molecular formula is C17H16Cl2N2O3. The number of anilines is 1. The molecule has 7 heteroatoms. The minimum absolute atomic E-state index is 0.00115. The van der Waals surface area contributed by atoms with E-state index in [-0.39, 0.29) is 6.61 Å². The molecule has 1 atom stereocenters. The summed E-state index contributed by atoms with van der Waals surface area (Å²) in [4.78, 5) is 23.8. The highest BCUT2D eigenvalue weighted by Gasteiger charge is 2.17. The van der Waals surface area contributed by atoms with E-state index in [9.17, 15) is 9.59 Å². The van der Waals surface area contributed by atoms with Gasteiger partial charge in [0.05, 0.1) is 0 Å². The first-order chi connectivity index (χ1) is 11.5. The van der Waals surface area contributed by atoms with Gasteiger partial charge in [-0.2, -0.15) is 0 Å². The van der Waals surface area contributed by atoms with Gasteiger partial charge in [0.25, 0.3) is 0 Å². The van der Waals surface area contributed by atoms with Crippen molar-refractivity contribution in [3.8, 4) is 0 Å². The Kier molecular flexibility index (Phi) is 6.46. The molecule has 0 aliphatic carbocycles. The second-order valence-corrected chi connectivity index (χ2v) is 5.87. The SMILES string of the molecule is C[C@H](NC(=O)Nc1ccccc1)C(=O)OCc1ccc(Cl)cc1Cl. The van der Waals surface area contributed by atoms with Crippen LogP contribution in [0.3, 0.4) is 0 Å². The summed E-state index contributed by atoms with van der Waals surface area (Å²) >= 11 is 11.8. The number of ether oxygens (including phenoxy) is 1. The fourth-order valence-electron chi connectivity index (χ4n) is 1.86. The van der Waals surface area contributed by atoms with E-state index in [0.717, 1.165) is 0 Å². The fraction of sp³-hybridized carbons (Fsp3) is 0.176. The molecule has 0 aliphatic heterocycles. The van der Waals surface area contributed by atoms with Gasteiger partial charge in [0.1, 0.15) is 12.6 Å². The summed E-state index contributed by atoms with van der Waals surface area (Å²) in [6.07, 6.45) is 0. The van der Waals surface area contributed by atoms with Gasteiger partial charge >= 0.3 is 12.0 Å². The third kappa shape index (κ3) is 5.44. The Labute approximate surface area is 149 Å². The molecule has 0 saturated carbocycles. The zero-order valence-corrected chi connectivity index (χ0v) is 14.4. The molecule has 0 radical (unpaired) electrons. The quantitative estimate of drug-likeness (QED) is 0.777. The number of benzene rings is 2. The molecule has 0 spiro atoms. The lowest BCUT2D eigenvalue weighted by atomic mass is 10.2. The van der Waals surface area contributed by atoms with Gasteiger partial charge in [-0.15, -0.1) is 0 Å². The summed E-state index contributed by atoms with van der Waals surface area (Å²) in [6, 6.07) is 12.5. The Morgan fingerprint density at radius 2 is 1.83 bits per heavy atom. The van der Waals surface area contributed by atoms with Gasteiger partial charge in [-0.05, 0) is 31.2 Å². The smallest absolute Gasteiger partial charge is 0.328 e. The number of halogens is 2. The molecule has 2 aromatic rings. The Balaban J connectivity index is 1.82. The van der Waals surface area contributed by atoms with Crippen LogP contribution in [0, 0.1) is 0 Å². The van der Waals surface area contributed by atoms with Crippen LogP contribution < -0.4 is 10.6 Å². The summed E-state index contributed by atoms with van der Waals surface area (Å²) in [7, 11) is 0. The maximum atomic E-state index is 11.9. The monoisotopic (exact) mass is 366 g/mol. The molecule has 0 unspecified atom stereocenters. The van der Waals surface area contributed by atoms with Gasteiger partial charge in [-0.3, -0.25) is 0 Å². The van der Waals surface area contributed by atoms with Gasteiger partial charge in [0.2, 0.25) is 0 Å². The molecule has 0 bridgehead atoms. The van der Waals surface area contributed by atoms with E-state index in [4.69, 9.17) is 27.9 Å². The minimum atomic E-state index is -0.806. The second-order valence-electron chi connectivity index (χ2n) is 5.03. The molecule has 0 fully saturated rings. The van der Waals surface area contributed by atoms with Crippen LogP contribution in [0.1, 0.15) is 12.5 Å². The lowest BCUT2D eigenvalue weighted by Gasteiger charge is -2.14. The molecular weight excluding hydrogens is 351 g/mol. The van der Waals surface area contributed by atoms with Crippen LogP contribution in [0.2, 0.25) is 10.0 Å². The Hall–Kier alpha value is -2.24. The predicted octanol–water partition coefficient (Wildman–Crippen LogP) is 4.25. The first-order valence-corrected chi connectivity index (χ1v) is 7.94. The van der Waals surface area contributed by atoms with Crippen LogP contribution in [0.15, 0.2) is 48.5 Å². The van der Waals surface area contributed by atoms with E-state index in [1.165, 1.54) is 6.92 Å². The average molecular weight is 367 g/mol. The minimum Gasteiger partial charge on any atom is -0.459 e. The van der Waals surface area contributed by atoms with E-state index >= 15 is 0 Å². The number of esters is 1. The molecule has 2 rings (SSSR count). The Morgan fingerprint density at radius 1 is 1.12 bits per heavy atom. The maximum absolute atomic E-state index is 11.9. The van der Waals surface area contributed by atoms with Gasteiger partial charge in [0.15, 0.2) is 0 Å². The number of carbonyl (C=O) groups excluding carboxylic acids is 2. The van der Waals surface area contributed by atoms with Crippen molar-refractivity contribution in [1.82, 2.24) is 5.32 Å². The zero-order valence-electron chi connectivity index (χ0n) is 12.9. The van der Waals surface area contributed by atoms with Gasteiger partial charge in [0, 0.05) is 21.3 Å². The van der Waals surface area contributed by atoms with Crippen LogP contribution in [0.4, 0.5) is 10.5 Å². The van der Waals surface area contributed by atoms with E-state index in [0.29, 0.717) is 21.3 Å². The normalized spacial score (nSPS) is 11.5. The molecule has 2 N–H and O–H groups in total. The molecule has 0 aliphatic rings. The number of hydrogen-bond acceptors (Lipinski definition) is 3. The average Bonchev–Trinajstić information content (AvgIpc) is 2.54. The molecule has 0 saturated heterocycles. The summed E-state index contributed by atoms with van der Waals surface area (Å²) in [5.74, 6) is -0.566. The second kappa shape index (κ2) is 8.57. The number of rotatable bonds is 5. The molecule has 126 valence electrons. The first kappa shape index (κ1) is 18.1. The number of nitrogens with one attached hydrogen (secondary N) is 2. The molecule has 2 aromatic carbocycles. The summed E-state index contributed by atoms with van der Waals surface area (Å²) in [5.41, 5.74) is 1.26. The molecule has 0 aromatic heterocycles. The van der Waals surface area contributed by atoms with Gasteiger partial charge < -0.3 is 15.4 Å². The summed E-state index contributed by atoms with van der Waals surface area (Å²) < 4.78 is 5.15. The highest BCUT2D eigenvalue weighted by molar-refractivity contribution is 6.35. The Bertz CT molecular complexity index is 723. The zero-order chi connectivity index (χ0) is 17.5. The van der Waals surface area contributed by atoms with Crippen molar-refractivity contribution in [1.29, 1.82) is 0 Å². The van der Waals surface area contributed by atoms with Crippen molar-refractivity contribution in [2.45, 2.75) is 19.6 Å². The van der Waals surface area contributed by atoms with Crippen molar-refractivity contribution in [3.63, 3.8) is 0 Å². The topological polar surface area (TPSA) is 67.4 Å². The summed E-state index contributed by atoms with van der Waals surface area (Å²) in [5, 5.41) is 6.05. The lowest BCUT2D eigenvalue weighted by Crippen LogP contribution is -2.41. The van der Waals surface area contributed by atoms with Crippen LogP contribution in [-0.2, 0) is 16.1 Å². The third-order valence-corrected chi connectivity index (χ3v) is 3.70. The molecule has 0 heterocycles. The molecule has 2 amide bonds. The van der Waals surface area contributed by atoms with Crippen molar-refractivity contribution in [2.24, 2.45) is 0 Å². The third-order valence-electron chi connectivity index (χ3n) is 3.12. The number of hydrogen-bond donors (Lipinski definition) is 2. The van der Waals surface area contributed by atoms with E-state index in [2.05, 4.69) is 10.6 Å². The fourth-order valence-corrected chi connectivity index (χ4v) is 2.32. The van der Waals surface area contributed by atoms with E-state index in [1.807, 2.05) is 6.07 Å². The largest absolute Gasteiger partial charge is 0.459 e. The standard InChI is InChI=1S/C17H16Cl2N2O3/c1-11(20-17(23)21-14-5-3-2-4-6-14)16(22)24-10-12-7-8-13(18)9-15(12)19/h2-9,11H,10H2,1H3,(H2,20,21,23)/t11-/m0/s1. The maximum Gasteiger partial charge on any atom is 0.328 e. The van der Waals surface area contributed by atoms with Crippen LogP contribution in [0.5, 0.6) is 0 Å². The van der Waals surface area contributed by atoms with Crippen LogP contribution in [0.25, 0.3) is 0 Å². The molecule has 5 nitrogen and oxygen atoms in total. The number of amides is 2. The molecule has 24 heavy (non-hydrogen) atoms. The van der Waals surface area contributed by atoms with Crippen molar-refractivity contribution < 1.29 is 14.3 Å². The number of carbonyl (C=O) groups is 2. The van der Waals surface area contributed by atoms with Crippen LogP contribution >= 0.6 is 23.2 Å². The van der Waals surface area contributed by atoms with Gasteiger partial charge in [-0.1, -0.05) is 47.5 Å². The van der Waals surface area contributed by atoms with Crippen molar-refractivity contribution in [2.75, 3.05) is 5.32 Å². The highest BCUT2D eigenvalue weighted by atomic mass is 35.5. The van der Waals surface area contributed by atoms with Crippen molar-refractivity contribution >= 4 is 40.9 Å². The van der Waals surface area contributed by atoms with Crippen molar-refractivity contribution in [3.05, 3.63) is 64.1 Å². The van der Waals surface area contributed by atoms with E-state index < -0.39 is 18.0 Å². The Morgan fingerprint density at radius 3 is 2.50 bits per heavy atom. The number of para-hydroxylation sites is 1. The predicted molar refractivity (Wildman–Crippen MR) is 94.3 cm³/mol. The first-order valence-electron chi connectivity index (χ1n) is 7.19. The lowest BCUT2D eigenvalue weighted by molar-refractivity contribution is -0.146.